The van der Waals surface area contributed by atoms with Crippen LogP contribution in [0.25, 0.3) is 5.69 Å². The summed E-state index contributed by atoms with van der Waals surface area (Å²) in [6, 6.07) is 6.76. The van der Waals surface area contributed by atoms with Crippen LogP contribution in [0, 0.1) is 12.8 Å². The molecule has 33 heavy (non-hydrogen) atoms. The summed E-state index contributed by atoms with van der Waals surface area (Å²) in [7, 11) is 0. The van der Waals surface area contributed by atoms with E-state index in [1.54, 1.807) is 0 Å². The van der Waals surface area contributed by atoms with Crippen molar-refractivity contribution in [1.82, 2.24) is 4.57 Å². The number of nitrogens with zero attached hydrogens (tertiary/aromatic N) is 1. The van der Waals surface area contributed by atoms with E-state index in [1.165, 1.54) is 30.4 Å². The number of esters is 1. The summed E-state index contributed by atoms with van der Waals surface area (Å²) >= 11 is 0. The van der Waals surface area contributed by atoms with Crippen molar-refractivity contribution in [1.29, 1.82) is 0 Å². The van der Waals surface area contributed by atoms with Crippen molar-refractivity contribution >= 4 is 11.8 Å². The van der Waals surface area contributed by atoms with Crippen molar-refractivity contribution in [3.63, 3.8) is 0 Å². The molecule has 0 unspecified atom stereocenters. The van der Waals surface area contributed by atoms with Crippen LogP contribution < -0.4 is 0 Å². The van der Waals surface area contributed by atoms with Gasteiger partial charge >= 0.3 is 5.97 Å². The predicted octanol–water partition coefficient (Wildman–Crippen LogP) is 7.07. The van der Waals surface area contributed by atoms with Crippen LogP contribution in [0.5, 0.6) is 0 Å². The first-order chi connectivity index (χ1) is 15.5. The number of aromatic nitrogens is 1. The summed E-state index contributed by atoms with van der Waals surface area (Å²) in [5.74, 6) is -0.150. The summed E-state index contributed by atoms with van der Waals surface area (Å²) in [4.78, 5) is 26.6. The minimum atomic E-state index is -0.354. The maximum absolute atomic E-state index is 13.8. The average Bonchev–Trinajstić information content (AvgIpc) is 3.44. The fraction of sp³-hybridized carbons (Fsp3) is 0.586. The first-order valence-electron chi connectivity index (χ1n) is 12.6. The third-order valence-electron chi connectivity index (χ3n) is 7.72. The van der Waals surface area contributed by atoms with Crippen LogP contribution in [0.3, 0.4) is 0 Å². The van der Waals surface area contributed by atoms with Gasteiger partial charge < -0.3 is 9.30 Å². The Bertz CT molecular complexity index is 1040. The minimum absolute atomic E-state index is 0.0181. The van der Waals surface area contributed by atoms with E-state index in [-0.39, 0.29) is 28.5 Å². The van der Waals surface area contributed by atoms with Crippen molar-refractivity contribution in [3.05, 3.63) is 52.3 Å². The SMILES string of the molecule is CCOC(=O)c1cn(-c2cc(C(C)(C)C)cc(C3(C)CC3)c2)c(C(=O)C2CCCCC2)c1C. The number of hydrogen-bond acceptors (Lipinski definition) is 3. The molecule has 2 fully saturated rings. The Kier molecular flexibility index (Phi) is 6.32. The Labute approximate surface area is 198 Å². The van der Waals surface area contributed by atoms with E-state index in [2.05, 4.69) is 45.9 Å². The van der Waals surface area contributed by atoms with E-state index in [1.807, 2.05) is 24.6 Å². The zero-order valence-electron chi connectivity index (χ0n) is 21.2. The Morgan fingerprint density at radius 1 is 1.09 bits per heavy atom. The largest absolute Gasteiger partial charge is 0.462 e. The normalized spacial score (nSPS) is 18.2. The molecule has 2 saturated carbocycles. The van der Waals surface area contributed by atoms with Gasteiger partial charge in [0.1, 0.15) is 0 Å². The minimum Gasteiger partial charge on any atom is -0.462 e. The van der Waals surface area contributed by atoms with Crippen molar-refractivity contribution in [2.75, 3.05) is 6.61 Å². The predicted molar refractivity (Wildman–Crippen MR) is 133 cm³/mol. The van der Waals surface area contributed by atoms with E-state index in [0.717, 1.165) is 36.9 Å². The molecule has 0 spiro atoms. The molecule has 1 aromatic carbocycles. The molecule has 0 aliphatic heterocycles. The number of rotatable bonds is 6. The Balaban J connectivity index is 1.90. The molecule has 1 heterocycles. The molecule has 2 aromatic rings. The number of Topliss-reactive ketones (excluding diaryl/α,β-unsaturated/α-hetero) is 1. The molecule has 0 radical (unpaired) electrons. The number of carbonyl (C=O) groups is 2. The van der Waals surface area contributed by atoms with Gasteiger partial charge in [0.25, 0.3) is 0 Å². The Morgan fingerprint density at radius 2 is 1.76 bits per heavy atom. The maximum atomic E-state index is 13.8. The highest BCUT2D eigenvalue weighted by Gasteiger charge is 2.40. The lowest BCUT2D eigenvalue weighted by atomic mass is 9.83. The van der Waals surface area contributed by atoms with Crippen LogP contribution in [0.15, 0.2) is 24.4 Å². The smallest absolute Gasteiger partial charge is 0.339 e. The number of carbonyl (C=O) groups excluding carboxylic acids is 2. The number of ketones is 1. The van der Waals surface area contributed by atoms with Gasteiger partial charge in [0.15, 0.2) is 5.78 Å². The second-order valence-electron chi connectivity index (χ2n) is 11.4. The summed E-state index contributed by atoms with van der Waals surface area (Å²) in [6.07, 6.45) is 9.48. The average molecular weight is 450 g/mol. The Hall–Kier alpha value is -2.36. The fourth-order valence-corrected chi connectivity index (χ4v) is 5.09. The Morgan fingerprint density at radius 3 is 2.33 bits per heavy atom. The molecule has 0 atom stereocenters. The molecule has 0 N–H and O–H groups in total. The monoisotopic (exact) mass is 449 g/mol. The molecule has 0 bridgehead atoms. The highest BCUT2D eigenvalue weighted by molar-refractivity contribution is 6.02. The van der Waals surface area contributed by atoms with Gasteiger partial charge in [-0.05, 0) is 79.2 Å². The standard InChI is InChI=1S/C29H39NO3/c1-7-33-27(32)24-18-30(25(19(24)2)26(31)20-11-9-8-10-12-20)23-16-21(28(3,4)5)15-22(17-23)29(6)13-14-29/h15-18,20H,7-14H2,1-6H3. The first kappa shape index (κ1) is 23.8. The van der Waals surface area contributed by atoms with Crippen LogP contribution in [-0.4, -0.2) is 22.9 Å². The van der Waals surface area contributed by atoms with Gasteiger partial charge in [-0.15, -0.1) is 0 Å². The van der Waals surface area contributed by atoms with Gasteiger partial charge in [0.2, 0.25) is 0 Å². The topological polar surface area (TPSA) is 48.3 Å². The van der Waals surface area contributed by atoms with Crippen LogP contribution in [-0.2, 0) is 15.6 Å². The van der Waals surface area contributed by atoms with Gasteiger partial charge in [-0.1, -0.05) is 53.0 Å². The van der Waals surface area contributed by atoms with Crippen molar-refractivity contribution in [2.45, 2.75) is 97.3 Å². The molecule has 178 valence electrons. The van der Waals surface area contributed by atoms with Crippen LogP contribution in [0.2, 0.25) is 0 Å². The highest BCUT2D eigenvalue weighted by Crippen LogP contribution is 2.49. The molecule has 0 saturated heterocycles. The molecule has 2 aliphatic carbocycles. The second-order valence-corrected chi connectivity index (χ2v) is 11.4. The lowest BCUT2D eigenvalue weighted by Crippen LogP contribution is -2.22. The van der Waals surface area contributed by atoms with Crippen LogP contribution in [0.1, 0.15) is 117 Å². The number of benzene rings is 1. The van der Waals surface area contributed by atoms with Gasteiger partial charge in [0, 0.05) is 17.8 Å². The maximum Gasteiger partial charge on any atom is 0.339 e. The second kappa shape index (κ2) is 8.77. The lowest BCUT2D eigenvalue weighted by Gasteiger charge is -2.25. The molecule has 1 aromatic heterocycles. The quantitative estimate of drug-likeness (QED) is 0.350. The fourth-order valence-electron chi connectivity index (χ4n) is 5.09. The van der Waals surface area contributed by atoms with E-state index < -0.39 is 0 Å². The van der Waals surface area contributed by atoms with Gasteiger partial charge in [0.05, 0.1) is 17.9 Å². The molecule has 2 aliphatic rings. The third-order valence-corrected chi connectivity index (χ3v) is 7.72. The molecule has 0 amide bonds. The number of hydrogen-bond donors (Lipinski definition) is 0. The van der Waals surface area contributed by atoms with Gasteiger partial charge in [-0.3, -0.25) is 4.79 Å². The van der Waals surface area contributed by atoms with Crippen LogP contribution >= 0.6 is 0 Å². The van der Waals surface area contributed by atoms with E-state index in [0.29, 0.717) is 17.9 Å². The lowest BCUT2D eigenvalue weighted by molar-refractivity contribution is 0.0525. The van der Waals surface area contributed by atoms with Gasteiger partial charge in [-0.2, -0.15) is 0 Å². The molecular formula is C29H39NO3. The molecule has 4 nitrogen and oxygen atoms in total. The summed E-state index contributed by atoms with van der Waals surface area (Å²) in [5.41, 5.74) is 5.63. The molecule has 4 heteroatoms. The van der Waals surface area contributed by atoms with Crippen LogP contribution in [0.4, 0.5) is 0 Å². The van der Waals surface area contributed by atoms with E-state index >= 15 is 0 Å². The number of ether oxygens (including phenoxy) is 1. The van der Waals surface area contributed by atoms with Crippen molar-refractivity contribution in [2.24, 2.45) is 5.92 Å². The summed E-state index contributed by atoms with van der Waals surface area (Å²) in [5, 5.41) is 0. The summed E-state index contributed by atoms with van der Waals surface area (Å²) < 4.78 is 7.33. The molecular weight excluding hydrogens is 410 g/mol. The van der Waals surface area contributed by atoms with Crippen molar-refractivity contribution < 1.29 is 14.3 Å². The summed E-state index contributed by atoms with van der Waals surface area (Å²) in [6.45, 7) is 13.0. The van der Waals surface area contributed by atoms with E-state index in [4.69, 9.17) is 4.74 Å². The van der Waals surface area contributed by atoms with E-state index in [9.17, 15) is 9.59 Å². The zero-order chi connectivity index (χ0) is 24.0. The molecule has 4 rings (SSSR count). The third kappa shape index (κ3) is 4.67. The van der Waals surface area contributed by atoms with Crippen molar-refractivity contribution in [3.8, 4) is 5.69 Å². The van der Waals surface area contributed by atoms with Gasteiger partial charge in [-0.25, -0.2) is 4.79 Å². The first-order valence-corrected chi connectivity index (χ1v) is 12.6. The zero-order valence-corrected chi connectivity index (χ0v) is 21.2. The highest BCUT2D eigenvalue weighted by atomic mass is 16.5.